The molecule has 204 valence electrons. The van der Waals surface area contributed by atoms with Crippen LogP contribution < -0.4 is 11.4 Å². The quantitative estimate of drug-likeness (QED) is 0.245. The van der Waals surface area contributed by atoms with Gasteiger partial charge in [-0.3, -0.25) is 14.2 Å². The first-order valence-corrected chi connectivity index (χ1v) is 13.3. The molecule has 1 aliphatic heterocycles. The van der Waals surface area contributed by atoms with E-state index in [0.717, 1.165) is 64.2 Å². The van der Waals surface area contributed by atoms with Crippen LogP contribution in [0.3, 0.4) is 0 Å². The zero-order chi connectivity index (χ0) is 26.3. The molecule has 4 atom stereocenters. The molecule has 0 aromatic carbocycles. The first kappa shape index (κ1) is 29.8. The van der Waals surface area contributed by atoms with Gasteiger partial charge in [-0.25, -0.2) is 4.79 Å². The highest BCUT2D eigenvalue weighted by Crippen LogP contribution is 2.33. The first-order chi connectivity index (χ1) is 17.4. The summed E-state index contributed by atoms with van der Waals surface area (Å²) in [6.45, 7) is 4.16. The molecule has 4 unspecified atom stereocenters. The van der Waals surface area contributed by atoms with E-state index in [1.165, 1.54) is 23.9 Å². The summed E-state index contributed by atoms with van der Waals surface area (Å²) in [6.07, 6.45) is 8.80. The molecule has 10 heteroatoms. The number of ether oxygens (including phenoxy) is 4. The van der Waals surface area contributed by atoms with E-state index < -0.39 is 30.2 Å². The van der Waals surface area contributed by atoms with Gasteiger partial charge in [0, 0.05) is 26.1 Å². The molecule has 0 bridgehead atoms. The highest BCUT2D eigenvalue weighted by Gasteiger charge is 2.49. The molecule has 0 amide bonds. The molecule has 1 aromatic rings. The number of hydrogen-bond acceptors (Lipinski definition) is 9. The second kappa shape index (κ2) is 16.3. The van der Waals surface area contributed by atoms with E-state index in [4.69, 9.17) is 24.7 Å². The minimum atomic E-state index is -0.921. The lowest BCUT2D eigenvalue weighted by atomic mass is 10.1. The van der Waals surface area contributed by atoms with Gasteiger partial charge in [0.25, 0.3) is 0 Å². The highest BCUT2D eigenvalue weighted by molar-refractivity contribution is 5.70. The molecule has 0 saturated carbocycles. The first-order valence-electron chi connectivity index (χ1n) is 13.3. The Bertz CT molecular complexity index is 860. The highest BCUT2D eigenvalue weighted by atomic mass is 16.6. The van der Waals surface area contributed by atoms with E-state index in [1.54, 1.807) is 0 Å². The minimum Gasteiger partial charge on any atom is -0.463 e. The number of nitrogens with two attached hydrogens (primary N) is 1. The van der Waals surface area contributed by atoms with E-state index in [1.807, 2.05) is 0 Å². The van der Waals surface area contributed by atoms with Gasteiger partial charge in [0.05, 0.1) is 0 Å². The van der Waals surface area contributed by atoms with Gasteiger partial charge in [0.2, 0.25) is 0 Å². The molecule has 0 aliphatic carbocycles. The van der Waals surface area contributed by atoms with E-state index in [0.29, 0.717) is 6.42 Å². The SMILES string of the molecule is CCCCCCCC(=O)OCC1OC(n2ccc(N)nc2=O)C(OC)C1OC(=O)CCCCCCC. The molecule has 2 N–H and O–H groups in total. The predicted molar refractivity (Wildman–Crippen MR) is 135 cm³/mol. The van der Waals surface area contributed by atoms with Crippen molar-refractivity contribution in [1.29, 1.82) is 0 Å². The Morgan fingerprint density at radius 1 is 0.972 bits per heavy atom. The Morgan fingerprint density at radius 2 is 1.58 bits per heavy atom. The van der Waals surface area contributed by atoms with Crippen LogP contribution in [0.4, 0.5) is 5.82 Å². The number of esters is 2. The Kier molecular flexibility index (Phi) is 13.5. The third-order valence-corrected chi connectivity index (χ3v) is 6.33. The van der Waals surface area contributed by atoms with Crippen molar-refractivity contribution in [3.8, 4) is 0 Å². The summed E-state index contributed by atoms with van der Waals surface area (Å²) in [5.41, 5.74) is 5.00. The molecule has 36 heavy (non-hydrogen) atoms. The van der Waals surface area contributed by atoms with Gasteiger partial charge >= 0.3 is 17.6 Å². The van der Waals surface area contributed by atoms with E-state index in [9.17, 15) is 14.4 Å². The van der Waals surface area contributed by atoms with Gasteiger partial charge in [-0.2, -0.15) is 4.98 Å². The summed E-state index contributed by atoms with van der Waals surface area (Å²) in [5, 5.41) is 0. The van der Waals surface area contributed by atoms with Crippen LogP contribution in [-0.2, 0) is 28.5 Å². The van der Waals surface area contributed by atoms with E-state index in [2.05, 4.69) is 18.8 Å². The number of aromatic nitrogens is 2. The lowest BCUT2D eigenvalue weighted by Gasteiger charge is -2.23. The zero-order valence-corrected chi connectivity index (χ0v) is 22.0. The molecule has 1 aromatic heterocycles. The summed E-state index contributed by atoms with van der Waals surface area (Å²) in [4.78, 5) is 41.1. The monoisotopic (exact) mass is 509 g/mol. The second-order valence-corrected chi connectivity index (χ2v) is 9.27. The smallest absolute Gasteiger partial charge is 0.351 e. The number of carbonyl (C=O) groups is 2. The topological polar surface area (TPSA) is 132 Å². The summed E-state index contributed by atoms with van der Waals surface area (Å²) in [6, 6.07) is 1.47. The Labute approximate surface area is 213 Å². The Morgan fingerprint density at radius 3 is 2.17 bits per heavy atom. The molecule has 2 rings (SSSR count). The average Bonchev–Trinajstić information content (AvgIpc) is 3.19. The summed E-state index contributed by atoms with van der Waals surface area (Å²) >= 11 is 0. The van der Waals surface area contributed by atoms with Crippen LogP contribution in [0.2, 0.25) is 0 Å². The third-order valence-electron chi connectivity index (χ3n) is 6.33. The number of rotatable bonds is 17. The number of anilines is 1. The maximum atomic E-state index is 12.6. The van der Waals surface area contributed by atoms with Crippen molar-refractivity contribution in [3.63, 3.8) is 0 Å². The van der Waals surface area contributed by atoms with Gasteiger partial charge in [0.15, 0.2) is 12.3 Å². The molecule has 10 nitrogen and oxygen atoms in total. The van der Waals surface area contributed by atoms with Gasteiger partial charge in [-0.05, 0) is 18.9 Å². The number of nitrogen functional groups attached to an aromatic ring is 1. The third kappa shape index (κ3) is 9.54. The fourth-order valence-electron chi connectivity index (χ4n) is 4.28. The summed E-state index contributed by atoms with van der Waals surface area (Å²) < 4.78 is 24.1. The molecule has 1 fully saturated rings. The van der Waals surface area contributed by atoms with Crippen LogP contribution in [0, 0.1) is 0 Å². The lowest BCUT2D eigenvalue weighted by molar-refractivity contribution is -0.161. The lowest BCUT2D eigenvalue weighted by Crippen LogP contribution is -2.41. The Balaban J connectivity index is 2.05. The van der Waals surface area contributed by atoms with Crippen molar-refractivity contribution < 1.29 is 28.5 Å². The van der Waals surface area contributed by atoms with Crippen LogP contribution >= 0.6 is 0 Å². The summed E-state index contributed by atoms with van der Waals surface area (Å²) in [7, 11) is 1.45. The van der Waals surface area contributed by atoms with Crippen molar-refractivity contribution in [1.82, 2.24) is 9.55 Å². The number of carbonyl (C=O) groups excluding carboxylic acids is 2. The minimum absolute atomic E-state index is 0.0821. The molecular formula is C26H43N3O7. The summed E-state index contributed by atoms with van der Waals surface area (Å²) in [5.74, 6) is -0.628. The van der Waals surface area contributed by atoms with Crippen molar-refractivity contribution in [2.24, 2.45) is 0 Å². The van der Waals surface area contributed by atoms with Crippen molar-refractivity contribution >= 4 is 17.8 Å². The number of hydrogen-bond donors (Lipinski definition) is 1. The van der Waals surface area contributed by atoms with Crippen LogP contribution in [-0.4, -0.2) is 53.5 Å². The number of nitrogens with zero attached hydrogens (tertiary/aromatic N) is 2. The zero-order valence-electron chi connectivity index (χ0n) is 22.0. The van der Waals surface area contributed by atoms with Gasteiger partial charge < -0.3 is 24.7 Å². The van der Waals surface area contributed by atoms with Gasteiger partial charge in [-0.1, -0.05) is 65.2 Å². The normalized spacial score (nSPS) is 21.4. The van der Waals surface area contributed by atoms with E-state index >= 15 is 0 Å². The number of unbranched alkanes of at least 4 members (excludes halogenated alkanes) is 8. The predicted octanol–water partition coefficient (Wildman–Crippen LogP) is 3.91. The van der Waals surface area contributed by atoms with Crippen LogP contribution in [0.15, 0.2) is 17.1 Å². The van der Waals surface area contributed by atoms with E-state index in [-0.39, 0.29) is 30.8 Å². The van der Waals surface area contributed by atoms with Crippen LogP contribution in [0.5, 0.6) is 0 Å². The molecule has 0 spiro atoms. The van der Waals surface area contributed by atoms with Crippen molar-refractivity contribution in [2.45, 2.75) is 115 Å². The fourth-order valence-corrected chi connectivity index (χ4v) is 4.28. The van der Waals surface area contributed by atoms with Gasteiger partial charge in [0.1, 0.15) is 24.6 Å². The molecule has 2 heterocycles. The average molecular weight is 510 g/mol. The Hall–Kier alpha value is -2.46. The van der Waals surface area contributed by atoms with Crippen molar-refractivity contribution in [2.75, 3.05) is 19.5 Å². The molecule has 0 radical (unpaired) electrons. The maximum Gasteiger partial charge on any atom is 0.351 e. The maximum absolute atomic E-state index is 12.6. The molecule has 1 saturated heterocycles. The largest absolute Gasteiger partial charge is 0.463 e. The van der Waals surface area contributed by atoms with Gasteiger partial charge in [-0.15, -0.1) is 0 Å². The second-order valence-electron chi connectivity index (χ2n) is 9.27. The van der Waals surface area contributed by atoms with Crippen LogP contribution in [0.1, 0.15) is 97.1 Å². The molecular weight excluding hydrogens is 466 g/mol. The molecule has 1 aliphatic rings. The fraction of sp³-hybridized carbons (Fsp3) is 0.769. The standard InChI is InChI=1S/C26H43N3O7/c1-4-6-8-10-12-14-21(30)34-18-19-23(36-22(31)15-13-11-9-7-5-2)24(33-3)25(35-19)29-17-16-20(27)28-26(29)32/h16-17,19,23-25H,4-15,18H2,1-3H3,(H2,27,28,32). The van der Waals surface area contributed by atoms with Crippen molar-refractivity contribution in [3.05, 3.63) is 22.7 Å². The van der Waals surface area contributed by atoms with Crippen LogP contribution in [0.25, 0.3) is 0 Å². The number of methoxy groups -OCH3 is 1.